The predicted octanol–water partition coefficient (Wildman–Crippen LogP) is 0.163. The van der Waals surface area contributed by atoms with Crippen LogP contribution in [-0.2, 0) is 0 Å². The van der Waals surface area contributed by atoms with Gasteiger partial charge in [0.1, 0.15) is 5.66 Å². The summed E-state index contributed by atoms with van der Waals surface area (Å²) in [6.45, 7) is 0. The molecule has 0 spiro atoms. The van der Waals surface area contributed by atoms with Crippen molar-refractivity contribution in [1.82, 2.24) is 0 Å². The Morgan fingerprint density at radius 3 is 2.62 bits per heavy atom. The number of nitrogen functional groups attached to an aromatic ring is 1. The molecule has 16 heavy (non-hydrogen) atoms. The van der Waals surface area contributed by atoms with E-state index in [2.05, 4.69) is 0 Å². The first-order valence-corrected chi connectivity index (χ1v) is 5.09. The monoisotopic (exact) mass is 216 g/mol. The summed E-state index contributed by atoms with van der Waals surface area (Å²) in [7, 11) is 0. The standard InChI is InChI=1S/C12H16N4/c13-9-4-1-3-8(7-9)10-5-2-6-12(15,16)11(10)14/h1-7,11H,13-16H2. The summed E-state index contributed by atoms with van der Waals surface area (Å²) in [4.78, 5) is 0. The largest absolute Gasteiger partial charge is 0.399 e. The van der Waals surface area contributed by atoms with E-state index in [1.54, 1.807) is 6.08 Å². The third-order valence-corrected chi connectivity index (χ3v) is 2.75. The maximum atomic E-state index is 6.03. The summed E-state index contributed by atoms with van der Waals surface area (Å²) in [6.07, 6.45) is 5.44. The van der Waals surface area contributed by atoms with Crippen LogP contribution in [0.4, 0.5) is 5.69 Å². The van der Waals surface area contributed by atoms with Crippen molar-refractivity contribution in [1.29, 1.82) is 0 Å². The third kappa shape index (κ3) is 1.86. The van der Waals surface area contributed by atoms with Gasteiger partial charge in [0.2, 0.25) is 0 Å². The minimum Gasteiger partial charge on any atom is -0.399 e. The molecule has 1 atom stereocenters. The average molecular weight is 216 g/mol. The molecule has 0 heterocycles. The van der Waals surface area contributed by atoms with Crippen molar-refractivity contribution in [3.63, 3.8) is 0 Å². The molecule has 1 aromatic carbocycles. The van der Waals surface area contributed by atoms with Crippen LogP contribution >= 0.6 is 0 Å². The molecule has 1 aromatic rings. The molecule has 0 aliphatic heterocycles. The van der Waals surface area contributed by atoms with Gasteiger partial charge in [-0.3, -0.25) is 0 Å². The molecular formula is C12H16N4. The van der Waals surface area contributed by atoms with Gasteiger partial charge >= 0.3 is 0 Å². The van der Waals surface area contributed by atoms with Crippen LogP contribution in [0.25, 0.3) is 5.57 Å². The molecule has 0 aromatic heterocycles. The molecule has 4 heteroatoms. The fourth-order valence-corrected chi connectivity index (χ4v) is 1.79. The lowest BCUT2D eigenvalue weighted by Gasteiger charge is -2.32. The van der Waals surface area contributed by atoms with Crippen LogP contribution in [0.1, 0.15) is 5.56 Å². The van der Waals surface area contributed by atoms with Crippen molar-refractivity contribution in [2.45, 2.75) is 11.7 Å². The first-order chi connectivity index (χ1) is 7.50. The van der Waals surface area contributed by atoms with E-state index in [-0.39, 0.29) is 0 Å². The van der Waals surface area contributed by atoms with Crippen molar-refractivity contribution in [3.05, 3.63) is 48.1 Å². The fourth-order valence-electron chi connectivity index (χ4n) is 1.79. The Kier molecular flexibility index (Phi) is 2.55. The van der Waals surface area contributed by atoms with Crippen LogP contribution in [-0.4, -0.2) is 11.7 Å². The Morgan fingerprint density at radius 1 is 1.19 bits per heavy atom. The first-order valence-electron chi connectivity index (χ1n) is 5.09. The molecule has 0 fully saturated rings. The van der Waals surface area contributed by atoms with Crippen molar-refractivity contribution >= 4 is 11.3 Å². The molecule has 0 saturated heterocycles. The van der Waals surface area contributed by atoms with Gasteiger partial charge < -0.3 is 22.9 Å². The topological polar surface area (TPSA) is 104 Å². The van der Waals surface area contributed by atoms with Crippen molar-refractivity contribution < 1.29 is 0 Å². The summed E-state index contributed by atoms with van der Waals surface area (Å²) in [5.74, 6) is 0. The Balaban J connectivity index is 2.42. The predicted molar refractivity (Wildman–Crippen MR) is 67.1 cm³/mol. The highest BCUT2D eigenvalue weighted by atomic mass is 15.0. The molecule has 1 unspecified atom stereocenters. The fraction of sp³-hybridized carbons (Fsp3) is 0.167. The summed E-state index contributed by atoms with van der Waals surface area (Å²) in [5, 5.41) is 0. The van der Waals surface area contributed by atoms with Crippen LogP contribution in [0.15, 0.2) is 42.5 Å². The quantitative estimate of drug-likeness (QED) is 0.396. The molecule has 2 rings (SSSR count). The van der Waals surface area contributed by atoms with Crippen LogP contribution in [0.2, 0.25) is 0 Å². The van der Waals surface area contributed by atoms with E-state index < -0.39 is 11.7 Å². The smallest absolute Gasteiger partial charge is 0.103 e. The Morgan fingerprint density at radius 2 is 1.94 bits per heavy atom. The number of nitrogens with two attached hydrogens (primary N) is 4. The van der Waals surface area contributed by atoms with Crippen LogP contribution in [0, 0.1) is 0 Å². The second-order valence-corrected chi connectivity index (χ2v) is 4.08. The molecule has 4 nitrogen and oxygen atoms in total. The maximum Gasteiger partial charge on any atom is 0.103 e. The molecule has 0 amide bonds. The summed E-state index contributed by atoms with van der Waals surface area (Å²) < 4.78 is 0. The second-order valence-electron chi connectivity index (χ2n) is 4.08. The van der Waals surface area contributed by atoms with Gasteiger partial charge in [0.15, 0.2) is 0 Å². The lowest BCUT2D eigenvalue weighted by atomic mass is 9.86. The number of hydrogen-bond acceptors (Lipinski definition) is 4. The molecule has 0 saturated carbocycles. The number of hydrogen-bond donors (Lipinski definition) is 4. The van der Waals surface area contributed by atoms with E-state index in [1.165, 1.54) is 0 Å². The summed E-state index contributed by atoms with van der Waals surface area (Å²) in [5.41, 5.74) is 25.1. The van der Waals surface area contributed by atoms with Crippen molar-refractivity contribution in [2.24, 2.45) is 17.2 Å². The highest BCUT2D eigenvalue weighted by molar-refractivity contribution is 5.75. The zero-order valence-corrected chi connectivity index (χ0v) is 8.93. The van der Waals surface area contributed by atoms with E-state index in [1.807, 2.05) is 36.4 Å². The molecule has 0 bridgehead atoms. The Hall–Kier alpha value is -1.62. The van der Waals surface area contributed by atoms with Gasteiger partial charge in [-0.25, -0.2) is 0 Å². The normalized spacial score (nSPS) is 22.9. The number of rotatable bonds is 1. The highest BCUT2D eigenvalue weighted by Gasteiger charge is 2.30. The minimum absolute atomic E-state index is 0.431. The molecule has 0 radical (unpaired) electrons. The van der Waals surface area contributed by atoms with E-state index in [0.29, 0.717) is 5.69 Å². The number of benzene rings is 1. The van der Waals surface area contributed by atoms with E-state index in [4.69, 9.17) is 22.9 Å². The van der Waals surface area contributed by atoms with E-state index in [0.717, 1.165) is 11.1 Å². The molecule has 1 aliphatic carbocycles. The number of anilines is 1. The second kappa shape index (κ2) is 3.75. The first kappa shape index (κ1) is 10.9. The Bertz CT molecular complexity index is 460. The van der Waals surface area contributed by atoms with Gasteiger partial charge in [-0.05, 0) is 29.3 Å². The maximum absolute atomic E-state index is 6.03. The zero-order valence-electron chi connectivity index (χ0n) is 8.93. The molecule has 1 aliphatic rings. The van der Waals surface area contributed by atoms with E-state index >= 15 is 0 Å². The summed E-state index contributed by atoms with van der Waals surface area (Å²) >= 11 is 0. The minimum atomic E-state index is -1.01. The number of allylic oxidation sites excluding steroid dienone is 2. The van der Waals surface area contributed by atoms with Crippen molar-refractivity contribution in [3.8, 4) is 0 Å². The zero-order chi connectivity index (χ0) is 11.8. The lowest BCUT2D eigenvalue weighted by Crippen LogP contribution is -2.62. The molecule has 8 N–H and O–H groups in total. The van der Waals surface area contributed by atoms with Gasteiger partial charge in [0.25, 0.3) is 0 Å². The summed E-state index contributed by atoms with van der Waals surface area (Å²) in [6, 6.07) is 7.08. The van der Waals surface area contributed by atoms with Gasteiger partial charge in [0.05, 0.1) is 6.04 Å². The van der Waals surface area contributed by atoms with Crippen LogP contribution < -0.4 is 22.9 Å². The van der Waals surface area contributed by atoms with Gasteiger partial charge in [-0.1, -0.05) is 24.3 Å². The highest BCUT2D eigenvalue weighted by Crippen LogP contribution is 2.26. The lowest BCUT2D eigenvalue weighted by molar-refractivity contribution is 0.498. The van der Waals surface area contributed by atoms with Crippen LogP contribution in [0.5, 0.6) is 0 Å². The van der Waals surface area contributed by atoms with Crippen LogP contribution in [0.3, 0.4) is 0 Å². The van der Waals surface area contributed by atoms with Gasteiger partial charge in [0, 0.05) is 5.69 Å². The van der Waals surface area contributed by atoms with Crippen molar-refractivity contribution in [2.75, 3.05) is 5.73 Å². The molecular weight excluding hydrogens is 200 g/mol. The SMILES string of the molecule is Nc1cccc(C2=CC=CC(N)(N)C2N)c1. The van der Waals surface area contributed by atoms with Gasteiger partial charge in [-0.2, -0.15) is 0 Å². The molecule has 84 valence electrons. The van der Waals surface area contributed by atoms with E-state index in [9.17, 15) is 0 Å². The average Bonchev–Trinajstić information content (AvgIpc) is 2.22. The third-order valence-electron chi connectivity index (χ3n) is 2.75. The van der Waals surface area contributed by atoms with Gasteiger partial charge in [-0.15, -0.1) is 0 Å². The Labute approximate surface area is 94.6 Å².